The van der Waals surface area contributed by atoms with Gasteiger partial charge in [-0.25, -0.2) is 0 Å². The van der Waals surface area contributed by atoms with Gasteiger partial charge in [0.05, 0.1) is 0 Å². The average molecular weight is 644 g/mol. The van der Waals surface area contributed by atoms with Gasteiger partial charge in [0.2, 0.25) is 0 Å². The van der Waals surface area contributed by atoms with Crippen LogP contribution in [0.2, 0.25) is 0 Å². The zero-order chi connectivity index (χ0) is 33.3. The van der Waals surface area contributed by atoms with Crippen LogP contribution in [0.4, 0.5) is 11.4 Å². The second-order valence-corrected chi connectivity index (χ2v) is 14.0. The van der Waals surface area contributed by atoms with Crippen LogP contribution < -0.4 is 4.90 Å². The van der Waals surface area contributed by atoms with Crippen LogP contribution in [0, 0.1) is 0 Å². The van der Waals surface area contributed by atoms with Crippen LogP contribution in [-0.2, 0) is 5.41 Å². The molecule has 6 aromatic rings. The fraction of sp³-hybridized carbons (Fsp3) is 0.143. The average Bonchev–Trinajstić information content (AvgIpc) is 3.30. The van der Waals surface area contributed by atoms with Gasteiger partial charge in [-0.2, -0.15) is 0 Å². The van der Waals surface area contributed by atoms with Crippen LogP contribution in [-0.4, -0.2) is 0 Å². The normalized spacial score (nSPS) is 15.8. The summed E-state index contributed by atoms with van der Waals surface area (Å²) in [6, 6.07) is 55.9. The number of benzene rings is 6. The Balaban J connectivity index is 1.16. The minimum atomic E-state index is 0.0439. The molecule has 9 rings (SSSR count). The number of fused-ring (bicyclic) bond motifs is 5. The molecular weight excluding hydrogens is 603 g/mol. The van der Waals surface area contributed by atoms with Gasteiger partial charge in [0, 0.05) is 22.5 Å². The Morgan fingerprint density at radius 1 is 0.420 bits per heavy atom. The minimum absolute atomic E-state index is 0.0439. The maximum absolute atomic E-state index is 2.54. The summed E-state index contributed by atoms with van der Waals surface area (Å²) in [6.07, 6.45) is 16.4. The Bertz CT molecular complexity index is 2230. The molecule has 0 unspecified atom stereocenters. The molecule has 3 aliphatic rings. The van der Waals surface area contributed by atoms with E-state index < -0.39 is 0 Å². The molecule has 1 heteroatoms. The molecule has 242 valence electrons. The molecule has 0 amide bonds. The highest BCUT2D eigenvalue weighted by atomic mass is 15.1. The van der Waals surface area contributed by atoms with E-state index >= 15 is 0 Å². The van der Waals surface area contributed by atoms with Gasteiger partial charge in [0.15, 0.2) is 0 Å². The van der Waals surface area contributed by atoms with Crippen molar-refractivity contribution in [2.24, 2.45) is 0 Å². The molecule has 3 aliphatic carbocycles. The molecule has 0 saturated heterocycles. The number of allylic oxidation sites excluding steroid dienone is 5. The molecule has 6 aromatic carbocycles. The lowest BCUT2D eigenvalue weighted by Crippen LogP contribution is -2.28. The molecule has 1 spiro atoms. The van der Waals surface area contributed by atoms with E-state index in [1.54, 1.807) is 0 Å². The highest BCUT2D eigenvalue weighted by molar-refractivity contribution is 5.87. The predicted octanol–water partition coefficient (Wildman–Crippen LogP) is 13.3. The van der Waals surface area contributed by atoms with Crippen LogP contribution >= 0.6 is 0 Å². The summed E-state index contributed by atoms with van der Waals surface area (Å²) in [4.78, 5) is 2.47. The summed E-state index contributed by atoms with van der Waals surface area (Å²) >= 11 is 0. The minimum Gasteiger partial charge on any atom is -0.311 e. The third-order valence-electron chi connectivity index (χ3n) is 11.1. The Morgan fingerprint density at radius 2 is 0.960 bits per heavy atom. The lowest BCUT2D eigenvalue weighted by molar-refractivity contribution is 0.353. The topological polar surface area (TPSA) is 3.24 Å². The van der Waals surface area contributed by atoms with Crippen molar-refractivity contribution in [3.8, 4) is 33.4 Å². The second-order valence-electron chi connectivity index (χ2n) is 14.0. The maximum atomic E-state index is 2.54. The van der Waals surface area contributed by atoms with Gasteiger partial charge in [-0.15, -0.1) is 0 Å². The first-order chi connectivity index (χ1) is 24.8. The Morgan fingerprint density at radius 3 is 1.64 bits per heavy atom. The van der Waals surface area contributed by atoms with Crippen LogP contribution in [0.3, 0.4) is 0 Å². The molecular formula is C49H41N. The molecule has 50 heavy (non-hydrogen) atoms. The quantitative estimate of drug-likeness (QED) is 0.175. The highest BCUT2D eigenvalue weighted by Gasteiger charge is 2.44. The monoisotopic (exact) mass is 643 g/mol. The smallest absolute Gasteiger partial charge is 0.0464 e. The molecule has 1 nitrogen and oxygen atoms in total. The fourth-order valence-electron chi connectivity index (χ4n) is 8.64. The zero-order valence-electron chi connectivity index (χ0n) is 28.4. The molecule has 0 N–H and O–H groups in total. The summed E-state index contributed by atoms with van der Waals surface area (Å²) in [6.45, 7) is 0. The van der Waals surface area contributed by atoms with Crippen LogP contribution in [0.25, 0.3) is 39.0 Å². The molecule has 0 aromatic heterocycles. The number of hydrogen-bond acceptors (Lipinski definition) is 1. The summed E-state index contributed by atoms with van der Waals surface area (Å²) in [5.41, 5.74) is 17.1. The van der Waals surface area contributed by atoms with E-state index in [1.807, 2.05) is 0 Å². The van der Waals surface area contributed by atoms with Gasteiger partial charge in [-0.05, 0) is 111 Å². The predicted molar refractivity (Wildman–Crippen MR) is 211 cm³/mol. The van der Waals surface area contributed by atoms with Crippen molar-refractivity contribution in [3.05, 3.63) is 198 Å². The maximum Gasteiger partial charge on any atom is 0.0464 e. The van der Waals surface area contributed by atoms with Gasteiger partial charge < -0.3 is 4.90 Å². The van der Waals surface area contributed by atoms with E-state index in [-0.39, 0.29) is 5.41 Å². The third kappa shape index (κ3) is 5.44. The van der Waals surface area contributed by atoms with Gasteiger partial charge in [-0.3, -0.25) is 0 Å². The lowest BCUT2D eigenvalue weighted by Gasteiger charge is -2.37. The van der Waals surface area contributed by atoms with E-state index in [2.05, 4.69) is 181 Å². The van der Waals surface area contributed by atoms with Crippen LogP contribution in [0.5, 0.6) is 0 Å². The van der Waals surface area contributed by atoms with E-state index in [0.717, 1.165) is 6.42 Å². The first-order valence-electron chi connectivity index (χ1n) is 18.2. The second kappa shape index (κ2) is 13.0. The Labute approximate surface area is 296 Å². The van der Waals surface area contributed by atoms with E-state index in [9.17, 15) is 0 Å². The number of hydrogen-bond donors (Lipinski definition) is 0. The molecule has 0 heterocycles. The molecule has 0 aliphatic heterocycles. The van der Waals surface area contributed by atoms with E-state index in [0.29, 0.717) is 0 Å². The first kappa shape index (κ1) is 30.4. The van der Waals surface area contributed by atoms with Gasteiger partial charge in [0.25, 0.3) is 0 Å². The summed E-state index contributed by atoms with van der Waals surface area (Å²) in [5.74, 6) is 0. The Hall–Kier alpha value is -5.66. The standard InChI is InChI=1S/C49H41N/c1-5-14-36(15-6-1)39-20-13-21-42(26-22-39)50(43-27-23-40(24-28-43)37-16-7-2-8-17-37)44-29-31-46-45-30-25-41(38-18-9-3-10-19-38)34-47(45)49(48(46)35-44)32-11-4-12-33-49/h1-3,5-10,14-31,34-35H,4,11-13,32-33H2. The molecule has 0 radical (unpaired) electrons. The summed E-state index contributed by atoms with van der Waals surface area (Å²) in [5, 5.41) is 0. The van der Waals surface area contributed by atoms with Gasteiger partial charge >= 0.3 is 0 Å². The fourth-order valence-corrected chi connectivity index (χ4v) is 8.64. The van der Waals surface area contributed by atoms with Crippen molar-refractivity contribution < 1.29 is 0 Å². The van der Waals surface area contributed by atoms with Crippen LogP contribution in [0.15, 0.2) is 182 Å². The first-order valence-corrected chi connectivity index (χ1v) is 18.2. The Kier molecular flexibility index (Phi) is 7.90. The molecule has 0 atom stereocenters. The van der Waals surface area contributed by atoms with Crippen molar-refractivity contribution in [1.29, 1.82) is 0 Å². The number of rotatable bonds is 6. The zero-order valence-corrected chi connectivity index (χ0v) is 28.4. The summed E-state index contributed by atoms with van der Waals surface area (Å²) < 4.78 is 0. The van der Waals surface area contributed by atoms with E-state index in [1.165, 1.54) is 105 Å². The van der Waals surface area contributed by atoms with Gasteiger partial charge in [0.1, 0.15) is 0 Å². The molecule has 1 saturated carbocycles. The van der Waals surface area contributed by atoms with Crippen molar-refractivity contribution >= 4 is 16.9 Å². The van der Waals surface area contributed by atoms with Gasteiger partial charge in [-0.1, -0.05) is 159 Å². The largest absolute Gasteiger partial charge is 0.311 e. The van der Waals surface area contributed by atoms with E-state index in [4.69, 9.17) is 0 Å². The highest BCUT2D eigenvalue weighted by Crippen LogP contribution is 2.57. The number of anilines is 2. The summed E-state index contributed by atoms with van der Waals surface area (Å²) in [7, 11) is 0. The molecule has 1 fully saturated rings. The van der Waals surface area contributed by atoms with Crippen molar-refractivity contribution in [2.75, 3.05) is 4.90 Å². The lowest BCUT2D eigenvalue weighted by atomic mass is 9.67. The van der Waals surface area contributed by atoms with Crippen LogP contribution in [0.1, 0.15) is 55.2 Å². The van der Waals surface area contributed by atoms with Crippen molar-refractivity contribution in [3.63, 3.8) is 0 Å². The molecule has 0 bridgehead atoms. The third-order valence-corrected chi connectivity index (χ3v) is 11.1. The number of nitrogens with zero attached hydrogens (tertiary/aromatic N) is 1. The SMILES string of the molecule is C1=CC(N(c2ccc(-c3ccccc3)cc2)c2ccc3c(c2)C2(CCCCC2)c2cc(-c4ccccc4)ccc2-3)=CCC=C1c1ccccc1. The van der Waals surface area contributed by atoms with Crippen molar-refractivity contribution in [1.82, 2.24) is 0 Å². The van der Waals surface area contributed by atoms with Crippen molar-refractivity contribution in [2.45, 2.75) is 43.9 Å².